The Kier molecular flexibility index (Phi) is 7.96. The van der Waals surface area contributed by atoms with E-state index in [4.69, 9.17) is 4.74 Å². The summed E-state index contributed by atoms with van der Waals surface area (Å²) in [6.07, 6.45) is 0.679. The lowest BCUT2D eigenvalue weighted by molar-refractivity contribution is -0.118. The Morgan fingerprint density at radius 3 is 2.20 bits per heavy atom. The molecule has 1 amide bonds. The molecule has 11 heteroatoms. The average Bonchev–Trinajstić information content (AvgIpc) is 2.72. The van der Waals surface area contributed by atoms with Gasteiger partial charge in [0, 0.05) is 12.2 Å². The van der Waals surface area contributed by atoms with Crippen LogP contribution in [0, 0.1) is 6.92 Å². The van der Waals surface area contributed by atoms with Crippen molar-refractivity contribution in [1.82, 2.24) is 9.44 Å². The van der Waals surface area contributed by atoms with Crippen LogP contribution < -0.4 is 19.5 Å². The smallest absolute Gasteiger partial charge is 0.262 e. The fraction of sp³-hybridized carbons (Fsp3) is 0.316. The summed E-state index contributed by atoms with van der Waals surface area (Å²) in [5.74, 6) is -0.166. The molecule has 0 heterocycles. The van der Waals surface area contributed by atoms with Gasteiger partial charge in [0.2, 0.25) is 20.0 Å². The molecule has 3 N–H and O–H groups in total. The van der Waals surface area contributed by atoms with Crippen molar-refractivity contribution in [3.8, 4) is 5.75 Å². The molecule has 0 radical (unpaired) electrons. The topological polar surface area (TPSA) is 131 Å². The SMILES string of the molecule is CCCNS(=O)(=O)c1ccc(OCC(=O)Nc2cc(S(=O)(=O)NC)ccc2C)cc1. The van der Waals surface area contributed by atoms with Crippen molar-refractivity contribution in [1.29, 1.82) is 0 Å². The van der Waals surface area contributed by atoms with Crippen LogP contribution in [0.25, 0.3) is 0 Å². The van der Waals surface area contributed by atoms with Crippen LogP contribution in [0.4, 0.5) is 5.69 Å². The highest BCUT2D eigenvalue weighted by Crippen LogP contribution is 2.20. The van der Waals surface area contributed by atoms with Gasteiger partial charge in [0.25, 0.3) is 5.91 Å². The second-order valence-corrected chi connectivity index (χ2v) is 10.0. The number of amides is 1. The van der Waals surface area contributed by atoms with Crippen molar-refractivity contribution in [2.45, 2.75) is 30.1 Å². The number of carbonyl (C=O) groups is 1. The lowest BCUT2D eigenvalue weighted by atomic mass is 10.2. The first-order valence-corrected chi connectivity index (χ1v) is 12.1. The van der Waals surface area contributed by atoms with Gasteiger partial charge < -0.3 is 10.1 Å². The molecular formula is C19H25N3O6S2. The number of hydrogen-bond donors (Lipinski definition) is 3. The zero-order valence-corrected chi connectivity index (χ0v) is 18.6. The molecule has 0 spiro atoms. The molecule has 0 saturated heterocycles. The quantitative estimate of drug-likeness (QED) is 0.499. The Labute approximate surface area is 176 Å². The van der Waals surface area contributed by atoms with Crippen LogP contribution in [-0.2, 0) is 24.8 Å². The predicted molar refractivity (Wildman–Crippen MR) is 113 cm³/mol. The molecule has 0 saturated carbocycles. The van der Waals surface area contributed by atoms with Gasteiger partial charge in [-0.1, -0.05) is 13.0 Å². The first kappa shape index (κ1) is 23.8. The van der Waals surface area contributed by atoms with Gasteiger partial charge in [-0.15, -0.1) is 0 Å². The minimum absolute atomic E-state index is 0.0281. The number of anilines is 1. The van der Waals surface area contributed by atoms with Gasteiger partial charge in [-0.3, -0.25) is 4.79 Å². The maximum atomic E-state index is 12.2. The molecule has 0 aliphatic carbocycles. The maximum Gasteiger partial charge on any atom is 0.262 e. The molecule has 0 unspecified atom stereocenters. The lowest BCUT2D eigenvalue weighted by Gasteiger charge is -2.12. The number of benzene rings is 2. The van der Waals surface area contributed by atoms with Gasteiger partial charge in [0.1, 0.15) is 5.75 Å². The molecule has 2 aromatic carbocycles. The Bertz CT molecular complexity index is 1100. The summed E-state index contributed by atoms with van der Waals surface area (Å²) in [7, 11) is -5.91. The highest BCUT2D eigenvalue weighted by atomic mass is 32.2. The molecule has 2 rings (SSSR count). The lowest BCUT2D eigenvalue weighted by Crippen LogP contribution is -2.24. The normalized spacial score (nSPS) is 11.8. The van der Waals surface area contributed by atoms with Gasteiger partial charge in [-0.25, -0.2) is 26.3 Å². The van der Waals surface area contributed by atoms with Crippen molar-refractivity contribution in [2.75, 3.05) is 25.5 Å². The van der Waals surface area contributed by atoms with E-state index in [2.05, 4.69) is 14.8 Å². The molecular weight excluding hydrogens is 430 g/mol. The van der Waals surface area contributed by atoms with Crippen LogP contribution in [0.1, 0.15) is 18.9 Å². The first-order valence-electron chi connectivity index (χ1n) is 9.15. The molecule has 0 aliphatic heterocycles. The van der Waals surface area contributed by atoms with Crippen LogP contribution >= 0.6 is 0 Å². The number of sulfonamides is 2. The minimum atomic E-state index is -3.64. The highest BCUT2D eigenvalue weighted by molar-refractivity contribution is 7.89. The fourth-order valence-electron chi connectivity index (χ4n) is 2.39. The van der Waals surface area contributed by atoms with E-state index in [0.29, 0.717) is 30.0 Å². The van der Waals surface area contributed by atoms with Crippen molar-refractivity contribution in [2.24, 2.45) is 0 Å². The van der Waals surface area contributed by atoms with E-state index in [1.807, 2.05) is 6.92 Å². The Hall–Kier alpha value is -2.47. The second-order valence-electron chi connectivity index (χ2n) is 6.39. The molecule has 9 nitrogen and oxygen atoms in total. The predicted octanol–water partition coefficient (Wildman–Crippen LogP) is 1.61. The fourth-order valence-corrected chi connectivity index (χ4v) is 4.28. The van der Waals surface area contributed by atoms with Gasteiger partial charge in [0.05, 0.1) is 9.79 Å². The molecule has 0 aromatic heterocycles. The molecule has 2 aromatic rings. The molecule has 30 heavy (non-hydrogen) atoms. The van der Waals surface area contributed by atoms with E-state index >= 15 is 0 Å². The number of carbonyl (C=O) groups excluding carboxylic acids is 1. The van der Waals surface area contributed by atoms with Gasteiger partial charge in [0.15, 0.2) is 6.61 Å². The van der Waals surface area contributed by atoms with E-state index in [1.54, 1.807) is 13.0 Å². The van der Waals surface area contributed by atoms with Gasteiger partial charge in [-0.05, 0) is 62.4 Å². The summed E-state index contributed by atoms with van der Waals surface area (Å²) in [6, 6.07) is 10.1. The van der Waals surface area contributed by atoms with E-state index in [1.165, 1.54) is 43.4 Å². The number of rotatable bonds is 10. The third kappa shape index (κ3) is 6.26. The zero-order chi connectivity index (χ0) is 22.4. The summed E-state index contributed by atoms with van der Waals surface area (Å²) in [6.45, 7) is 3.61. The highest BCUT2D eigenvalue weighted by Gasteiger charge is 2.15. The number of hydrogen-bond acceptors (Lipinski definition) is 6. The van der Waals surface area contributed by atoms with Crippen LogP contribution in [0.3, 0.4) is 0 Å². The number of nitrogens with one attached hydrogen (secondary N) is 3. The van der Waals surface area contributed by atoms with Crippen molar-refractivity contribution < 1.29 is 26.4 Å². The zero-order valence-electron chi connectivity index (χ0n) is 16.9. The Morgan fingerprint density at radius 1 is 0.967 bits per heavy atom. The van der Waals surface area contributed by atoms with E-state index in [-0.39, 0.29) is 16.4 Å². The minimum Gasteiger partial charge on any atom is -0.484 e. The van der Waals surface area contributed by atoms with E-state index in [9.17, 15) is 21.6 Å². The summed E-state index contributed by atoms with van der Waals surface area (Å²) in [5, 5.41) is 2.61. The van der Waals surface area contributed by atoms with Crippen LogP contribution in [0.2, 0.25) is 0 Å². The third-order valence-electron chi connectivity index (χ3n) is 4.11. The van der Waals surface area contributed by atoms with Crippen LogP contribution in [0.5, 0.6) is 5.75 Å². The molecule has 0 atom stereocenters. The van der Waals surface area contributed by atoms with Crippen molar-refractivity contribution in [3.05, 3.63) is 48.0 Å². The van der Waals surface area contributed by atoms with Gasteiger partial charge in [-0.2, -0.15) is 0 Å². The maximum absolute atomic E-state index is 12.2. The summed E-state index contributed by atoms with van der Waals surface area (Å²) >= 11 is 0. The first-order chi connectivity index (χ1) is 14.1. The summed E-state index contributed by atoms with van der Waals surface area (Å²) < 4.78 is 58.0. The van der Waals surface area contributed by atoms with Crippen LogP contribution in [-0.4, -0.2) is 42.9 Å². The monoisotopic (exact) mass is 455 g/mol. The second kappa shape index (κ2) is 10.0. The molecule has 164 valence electrons. The van der Waals surface area contributed by atoms with Gasteiger partial charge >= 0.3 is 0 Å². The van der Waals surface area contributed by atoms with Crippen molar-refractivity contribution in [3.63, 3.8) is 0 Å². The van der Waals surface area contributed by atoms with Crippen molar-refractivity contribution >= 4 is 31.6 Å². The third-order valence-corrected chi connectivity index (χ3v) is 7.00. The molecule has 0 aliphatic rings. The standard InChI is InChI=1S/C19H25N3O6S2/c1-4-11-21-30(26,27)16-9-6-15(7-10-16)28-13-19(23)22-18-12-17(8-5-14(18)2)29(24,25)20-3/h5-10,12,20-21H,4,11,13H2,1-3H3,(H,22,23). The molecule has 0 fully saturated rings. The number of ether oxygens (including phenoxy) is 1. The average molecular weight is 456 g/mol. The largest absolute Gasteiger partial charge is 0.484 e. The summed E-state index contributed by atoms with van der Waals surface area (Å²) in [4.78, 5) is 12.3. The molecule has 0 bridgehead atoms. The van der Waals surface area contributed by atoms with E-state index in [0.717, 1.165) is 0 Å². The Balaban J connectivity index is 2.01. The van der Waals surface area contributed by atoms with E-state index < -0.39 is 26.0 Å². The van der Waals surface area contributed by atoms with Crippen LogP contribution in [0.15, 0.2) is 52.3 Å². The summed E-state index contributed by atoms with van der Waals surface area (Å²) in [5.41, 5.74) is 1.04. The Morgan fingerprint density at radius 2 is 1.60 bits per heavy atom. The number of aryl methyl sites for hydroxylation is 1.